The number of aromatic nitrogens is 3. The Morgan fingerprint density at radius 3 is 2.54 bits per heavy atom. The Kier molecular flexibility index (Phi) is 6.42. The third kappa shape index (κ3) is 4.98. The maximum atomic E-state index is 12.2. The molecule has 1 saturated heterocycles. The number of hydrogen-bond donors (Lipinski definition) is 1. The number of fused-ring (bicyclic) bond motifs is 1. The van der Waals surface area contributed by atoms with Crippen LogP contribution in [-0.4, -0.2) is 45.2 Å². The molecule has 3 aromatic rings. The molecule has 35 heavy (non-hydrogen) atoms. The van der Waals surface area contributed by atoms with Crippen LogP contribution >= 0.6 is 23.2 Å². The van der Waals surface area contributed by atoms with E-state index in [1.807, 2.05) is 6.07 Å². The summed E-state index contributed by atoms with van der Waals surface area (Å²) in [4.78, 5) is 21.0. The minimum atomic E-state index is -0.607. The summed E-state index contributed by atoms with van der Waals surface area (Å²) in [5.41, 5.74) is 2.36. The monoisotopic (exact) mass is 518 g/mol. The molecule has 1 N–H and O–H groups in total. The summed E-state index contributed by atoms with van der Waals surface area (Å²) >= 11 is 13.1. The van der Waals surface area contributed by atoms with Crippen molar-refractivity contribution in [2.45, 2.75) is 63.9 Å². The Morgan fingerprint density at radius 2 is 1.89 bits per heavy atom. The van der Waals surface area contributed by atoms with Gasteiger partial charge in [-0.15, -0.1) is 0 Å². The molecular weight excluding hydrogens is 491 g/mol. The zero-order valence-electron chi connectivity index (χ0n) is 19.9. The van der Waals surface area contributed by atoms with Crippen molar-refractivity contribution >= 4 is 46.0 Å². The van der Waals surface area contributed by atoms with Crippen molar-refractivity contribution in [2.24, 2.45) is 0 Å². The molecule has 2 fully saturated rings. The minimum Gasteiger partial charge on any atom is -0.444 e. The molecule has 0 unspecified atom stereocenters. The topological polar surface area (TPSA) is 87.5 Å². The van der Waals surface area contributed by atoms with E-state index in [1.165, 1.54) is 6.33 Å². The number of benzene rings is 1. The van der Waals surface area contributed by atoms with Gasteiger partial charge in [0.1, 0.15) is 22.7 Å². The van der Waals surface area contributed by atoms with Gasteiger partial charge in [0, 0.05) is 30.6 Å². The van der Waals surface area contributed by atoms with Gasteiger partial charge in [-0.05, 0) is 51.3 Å². The number of nitrogens with zero attached hydrogens (tertiary/aromatic N) is 3. The van der Waals surface area contributed by atoms with E-state index in [9.17, 15) is 4.79 Å². The highest BCUT2D eigenvalue weighted by Crippen LogP contribution is 2.44. The van der Waals surface area contributed by atoms with E-state index in [2.05, 4.69) is 26.0 Å². The largest absolute Gasteiger partial charge is 0.444 e. The van der Waals surface area contributed by atoms with E-state index >= 15 is 0 Å². The van der Waals surface area contributed by atoms with Crippen molar-refractivity contribution in [3.63, 3.8) is 0 Å². The first-order valence-corrected chi connectivity index (χ1v) is 12.5. The van der Waals surface area contributed by atoms with Crippen LogP contribution in [0.4, 0.5) is 10.5 Å². The van der Waals surface area contributed by atoms with Crippen molar-refractivity contribution in [3.05, 3.63) is 40.9 Å². The normalized spacial score (nSPS) is 18.3. The van der Waals surface area contributed by atoms with Gasteiger partial charge in [0.25, 0.3) is 0 Å². The van der Waals surface area contributed by atoms with E-state index in [0.29, 0.717) is 29.1 Å². The lowest BCUT2D eigenvalue weighted by atomic mass is 9.90. The molecule has 0 atom stereocenters. The highest BCUT2D eigenvalue weighted by Gasteiger charge is 2.41. The molecule has 0 radical (unpaired) electrons. The lowest BCUT2D eigenvalue weighted by Gasteiger charge is -2.36. The molecule has 8 nitrogen and oxygen atoms in total. The molecule has 5 rings (SSSR count). The van der Waals surface area contributed by atoms with Crippen molar-refractivity contribution in [2.75, 3.05) is 18.5 Å². The standard InChI is InChI=1S/C25H28Cl2N4O4/c1-24(2,3)35-23(32)30-19-5-4-15(12-18(19)26)17-13-31(22-20(17)21(27)28-14-29-22)16-6-8-25(9-7-16)33-10-11-34-25/h4-5,12-14,16H,6-11H2,1-3H3,(H,30,32). The van der Waals surface area contributed by atoms with Gasteiger partial charge in [-0.3, -0.25) is 5.32 Å². The van der Waals surface area contributed by atoms with Gasteiger partial charge in [-0.2, -0.15) is 0 Å². The van der Waals surface area contributed by atoms with Crippen LogP contribution in [0.3, 0.4) is 0 Å². The number of carbonyl (C=O) groups excluding carboxylic acids is 1. The SMILES string of the molecule is CC(C)(C)OC(=O)Nc1ccc(-c2cn(C3CCC4(CC3)OCCO4)c3ncnc(Cl)c23)cc1Cl. The number of ether oxygens (including phenoxy) is 3. The molecule has 1 spiro atoms. The Hall–Kier alpha value is -2.39. The van der Waals surface area contributed by atoms with E-state index in [1.54, 1.807) is 32.9 Å². The molecule has 1 amide bonds. The molecule has 2 aliphatic rings. The molecule has 0 bridgehead atoms. The van der Waals surface area contributed by atoms with Crippen molar-refractivity contribution < 1.29 is 19.0 Å². The van der Waals surface area contributed by atoms with Crippen LogP contribution in [-0.2, 0) is 14.2 Å². The summed E-state index contributed by atoms with van der Waals surface area (Å²) in [7, 11) is 0. The summed E-state index contributed by atoms with van der Waals surface area (Å²) in [5.74, 6) is -0.431. The van der Waals surface area contributed by atoms with Gasteiger partial charge < -0.3 is 18.8 Å². The second-order valence-electron chi connectivity index (χ2n) is 9.97. The molecule has 1 aliphatic heterocycles. The summed E-state index contributed by atoms with van der Waals surface area (Å²) in [6, 6.07) is 5.67. The van der Waals surface area contributed by atoms with Crippen molar-refractivity contribution in [1.29, 1.82) is 0 Å². The zero-order chi connectivity index (χ0) is 24.8. The van der Waals surface area contributed by atoms with Crippen LogP contribution < -0.4 is 5.32 Å². The molecule has 186 valence electrons. The first-order chi connectivity index (χ1) is 16.6. The molecule has 2 aromatic heterocycles. The van der Waals surface area contributed by atoms with Crippen LogP contribution in [0.5, 0.6) is 0 Å². The first-order valence-electron chi connectivity index (χ1n) is 11.7. The Labute approximate surface area is 213 Å². The lowest BCUT2D eigenvalue weighted by Crippen LogP contribution is -2.35. The van der Waals surface area contributed by atoms with Crippen LogP contribution in [0.1, 0.15) is 52.5 Å². The predicted octanol–water partition coefficient (Wildman–Crippen LogP) is 6.61. The highest BCUT2D eigenvalue weighted by molar-refractivity contribution is 6.35. The molecule has 1 aliphatic carbocycles. The predicted molar refractivity (Wildman–Crippen MR) is 135 cm³/mol. The molecule has 1 saturated carbocycles. The van der Waals surface area contributed by atoms with Gasteiger partial charge in [0.15, 0.2) is 5.79 Å². The molecule has 10 heteroatoms. The number of anilines is 1. The summed E-state index contributed by atoms with van der Waals surface area (Å²) in [5, 5.41) is 4.24. The lowest BCUT2D eigenvalue weighted by molar-refractivity contribution is -0.181. The number of nitrogens with one attached hydrogen (secondary N) is 1. The number of carbonyl (C=O) groups is 1. The fourth-order valence-corrected chi connectivity index (χ4v) is 5.31. The van der Waals surface area contributed by atoms with Crippen molar-refractivity contribution in [1.82, 2.24) is 14.5 Å². The van der Waals surface area contributed by atoms with Gasteiger partial charge in [0.05, 0.1) is 29.3 Å². The maximum Gasteiger partial charge on any atom is 0.412 e. The Bertz CT molecular complexity index is 1250. The van der Waals surface area contributed by atoms with E-state index in [4.69, 9.17) is 37.4 Å². The average Bonchev–Trinajstić information content (AvgIpc) is 3.41. The highest BCUT2D eigenvalue weighted by atomic mass is 35.5. The van der Waals surface area contributed by atoms with Gasteiger partial charge >= 0.3 is 6.09 Å². The number of halogens is 2. The molecular formula is C25H28Cl2N4O4. The summed E-state index contributed by atoms with van der Waals surface area (Å²) < 4.78 is 19.3. The van der Waals surface area contributed by atoms with E-state index < -0.39 is 17.5 Å². The summed E-state index contributed by atoms with van der Waals surface area (Å²) in [6.45, 7) is 6.73. The minimum absolute atomic E-state index is 0.235. The smallest absolute Gasteiger partial charge is 0.412 e. The van der Waals surface area contributed by atoms with E-state index in [-0.39, 0.29) is 6.04 Å². The second-order valence-corrected chi connectivity index (χ2v) is 10.7. The van der Waals surface area contributed by atoms with E-state index in [0.717, 1.165) is 47.8 Å². The second kappa shape index (κ2) is 9.24. The summed E-state index contributed by atoms with van der Waals surface area (Å²) in [6.07, 6.45) is 6.47. The molecule has 1 aromatic carbocycles. The number of hydrogen-bond acceptors (Lipinski definition) is 6. The first kappa shape index (κ1) is 24.3. The van der Waals surface area contributed by atoms with Gasteiger partial charge in [0.2, 0.25) is 0 Å². The quantitative estimate of drug-likeness (QED) is 0.392. The van der Waals surface area contributed by atoms with Crippen LogP contribution in [0, 0.1) is 0 Å². The third-order valence-corrected chi connectivity index (χ3v) is 7.00. The van der Waals surface area contributed by atoms with Crippen LogP contribution in [0.2, 0.25) is 10.2 Å². The molecule has 3 heterocycles. The number of rotatable bonds is 3. The zero-order valence-corrected chi connectivity index (χ0v) is 21.4. The van der Waals surface area contributed by atoms with Crippen molar-refractivity contribution in [3.8, 4) is 11.1 Å². The number of amides is 1. The fraction of sp³-hybridized carbons (Fsp3) is 0.480. The fourth-order valence-electron chi connectivity index (χ4n) is 4.85. The Balaban J connectivity index is 1.45. The average molecular weight is 519 g/mol. The van der Waals surface area contributed by atoms with Gasteiger partial charge in [-0.25, -0.2) is 14.8 Å². The van der Waals surface area contributed by atoms with Crippen LogP contribution in [0.15, 0.2) is 30.7 Å². The van der Waals surface area contributed by atoms with Crippen LogP contribution in [0.25, 0.3) is 22.2 Å². The third-order valence-electron chi connectivity index (χ3n) is 6.40. The van der Waals surface area contributed by atoms with Gasteiger partial charge in [-0.1, -0.05) is 29.3 Å². The maximum absolute atomic E-state index is 12.2. The Morgan fingerprint density at radius 1 is 1.17 bits per heavy atom.